The second-order valence-electron chi connectivity index (χ2n) is 6.32. The molecule has 0 amide bonds. The normalized spacial score (nSPS) is 27.0. The number of hydrogen-bond acceptors (Lipinski definition) is 11. The smallest absolute Gasteiger partial charge is 0.289 e. The second kappa shape index (κ2) is 10.5. The molecule has 1 heterocycles. The minimum absolute atomic E-state index is 0.00364. The minimum Gasteiger partial charge on any atom is -0.394 e. The molecule has 5 atom stereocenters. The van der Waals surface area contributed by atoms with Crippen LogP contribution < -0.4 is 0 Å². The minimum atomic E-state index is -1.63. The fourth-order valence-electron chi connectivity index (χ4n) is 2.65. The first-order valence-electron chi connectivity index (χ1n) is 8.78. The number of aliphatic hydroxyl groups excluding tert-OH is 4. The van der Waals surface area contributed by atoms with Crippen LogP contribution in [0.3, 0.4) is 0 Å². The molecule has 0 unspecified atom stereocenters. The van der Waals surface area contributed by atoms with Gasteiger partial charge in [0.1, 0.15) is 29.9 Å². The summed E-state index contributed by atoms with van der Waals surface area (Å²) in [5.41, 5.74) is -2.17. The van der Waals surface area contributed by atoms with E-state index in [2.05, 4.69) is 0 Å². The van der Waals surface area contributed by atoms with E-state index >= 15 is 0 Å². The second-order valence-corrected chi connectivity index (χ2v) is 8.60. The maximum absolute atomic E-state index is 11.5. The Bertz CT molecular complexity index is 749. The molecular formula is C16H22N2O9S2. The predicted octanol–water partition coefficient (Wildman–Crippen LogP) is 1.29. The Morgan fingerprint density at radius 2 is 1.66 bits per heavy atom. The largest absolute Gasteiger partial charge is 0.394 e. The van der Waals surface area contributed by atoms with E-state index in [1.807, 2.05) is 6.92 Å². The van der Waals surface area contributed by atoms with Gasteiger partial charge in [-0.05, 0) is 18.2 Å². The maximum atomic E-state index is 11.5. The van der Waals surface area contributed by atoms with Crippen molar-refractivity contribution in [2.75, 3.05) is 12.4 Å². The van der Waals surface area contributed by atoms with Gasteiger partial charge in [0.2, 0.25) is 0 Å². The predicted molar refractivity (Wildman–Crippen MR) is 105 cm³/mol. The van der Waals surface area contributed by atoms with Crippen molar-refractivity contribution < 1.29 is 35.0 Å². The zero-order valence-electron chi connectivity index (χ0n) is 15.4. The Hall–Kier alpha value is -1.48. The molecule has 2 rings (SSSR count). The van der Waals surface area contributed by atoms with Crippen molar-refractivity contribution in [3.8, 4) is 0 Å². The molecule has 0 aliphatic carbocycles. The van der Waals surface area contributed by atoms with E-state index in [-0.39, 0.29) is 9.79 Å². The highest BCUT2D eigenvalue weighted by Crippen LogP contribution is 2.43. The topological polar surface area (TPSA) is 176 Å². The lowest BCUT2D eigenvalue weighted by atomic mass is 10.0. The fraction of sp³-hybridized carbons (Fsp3) is 0.625. The fourth-order valence-corrected chi connectivity index (χ4v) is 5.05. The number of ether oxygens (including phenoxy) is 1. The third kappa shape index (κ3) is 5.57. The molecule has 11 nitrogen and oxygen atoms in total. The molecule has 1 aliphatic rings. The number of nitro benzene ring substituents is 2. The number of unbranched alkanes of at least 4 members (excludes halogenated alkanes) is 1. The first-order valence-corrected chi connectivity index (χ1v) is 10.6. The van der Waals surface area contributed by atoms with Crippen LogP contribution in [0.25, 0.3) is 0 Å². The molecule has 1 aromatic rings. The summed E-state index contributed by atoms with van der Waals surface area (Å²) in [5.74, 6) is 0.583. The Kier molecular flexibility index (Phi) is 8.63. The molecule has 1 fully saturated rings. The monoisotopic (exact) mass is 450 g/mol. The van der Waals surface area contributed by atoms with Crippen LogP contribution in [0.1, 0.15) is 19.8 Å². The Morgan fingerprint density at radius 3 is 2.21 bits per heavy atom. The van der Waals surface area contributed by atoms with Crippen LogP contribution in [0.15, 0.2) is 21.9 Å². The van der Waals surface area contributed by atoms with Crippen molar-refractivity contribution in [1.29, 1.82) is 0 Å². The highest BCUT2D eigenvalue weighted by Gasteiger charge is 2.44. The van der Waals surface area contributed by atoms with Crippen molar-refractivity contribution in [2.24, 2.45) is 0 Å². The number of hydrogen-bond donors (Lipinski definition) is 4. The van der Waals surface area contributed by atoms with Crippen molar-refractivity contribution >= 4 is 34.9 Å². The number of nitro groups is 2. The first kappa shape index (κ1) is 23.8. The van der Waals surface area contributed by atoms with Gasteiger partial charge in [0.25, 0.3) is 11.4 Å². The number of rotatable bonds is 9. The van der Waals surface area contributed by atoms with Gasteiger partial charge < -0.3 is 25.2 Å². The van der Waals surface area contributed by atoms with E-state index in [1.54, 1.807) is 0 Å². The van der Waals surface area contributed by atoms with Gasteiger partial charge in [-0.2, -0.15) is 0 Å². The maximum Gasteiger partial charge on any atom is 0.289 e. The van der Waals surface area contributed by atoms with Gasteiger partial charge in [0.05, 0.1) is 32.3 Å². The molecular weight excluding hydrogens is 428 g/mol. The molecule has 29 heavy (non-hydrogen) atoms. The standard InChI is InChI=1S/C16H22N2O9S2/c1-2-3-4-28-11-6-12(9(18(25)26)5-8(11)17(23)24)29-16-15(22)14(21)13(20)10(7-19)27-16/h5-6,10,13-16,19-22H,2-4,7H2,1H3/t10-,13+,14+,15-,16+/m1/s1. The van der Waals surface area contributed by atoms with Crippen LogP contribution in [0.5, 0.6) is 0 Å². The number of aliphatic hydroxyl groups is 4. The van der Waals surface area contributed by atoms with Crippen molar-refractivity contribution in [3.05, 3.63) is 32.4 Å². The van der Waals surface area contributed by atoms with Gasteiger partial charge in [-0.3, -0.25) is 20.2 Å². The SMILES string of the molecule is CCCCSc1cc(S[C@@H]2O[C@H](CO)[C@H](O)[C@H](O)[C@H]2O)c([N+](=O)[O-])cc1[N+](=O)[O-]. The number of thioether (sulfide) groups is 2. The van der Waals surface area contributed by atoms with E-state index in [0.717, 1.165) is 18.9 Å². The highest BCUT2D eigenvalue weighted by atomic mass is 32.2. The number of nitrogens with zero attached hydrogens (tertiary/aromatic N) is 2. The quantitative estimate of drug-likeness (QED) is 0.184. The lowest BCUT2D eigenvalue weighted by Crippen LogP contribution is -2.57. The summed E-state index contributed by atoms with van der Waals surface area (Å²) in [6, 6.07) is 2.16. The van der Waals surface area contributed by atoms with Gasteiger partial charge in [-0.1, -0.05) is 25.1 Å². The summed E-state index contributed by atoms with van der Waals surface area (Å²) in [4.78, 5) is 21.6. The van der Waals surface area contributed by atoms with Gasteiger partial charge >= 0.3 is 0 Å². The van der Waals surface area contributed by atoms with Crippen LogP contribution in [0.4, 0.5) is 11.4 Å². The highest BCUT2D eigenvalue weighted by molar-refractivity contribution is 8.00. The van der Waals surface area contributed by atoms with E-state index < -0.39 is 57.7 Å². The van der Waals surface area contributed by atoms with Gasteiger partial charge in [-0.25, -0.2) is 0 Å². The molecule has 1 aliphatic heterocycles. The summed E-state index contributed by atoms with van der Waals surface area (Å²) >= 11 is 1.89. The third-order valence-corrected chi connectivity index (χ3v) is 6.61. The van der Waals surface area contributed by atoms with E-state index in [0.29, 0.717) is 17.5 Å². The molecule has 1 aromatic carbocycles. The average molecular weight is 450 g/mol. The van der Waals surface area contributed by atoms with E-state index in [4.69, 9.17) is 4.74 Å². The van der Waals surface area contributed by atoms with Crippen LogP contribution >= 0.6 is 23.5 Å². The molecule has 0 bridgehead atoms. The van der Waals surface area contributed by atoms with Gasteiger partial charge in [-0.15, -0.1) is 11.8 Å². The first-order chi connectivity index (χ1) is 13.7. The summed E-state index contributed by atoms with van der Waals surface area (Å²) < 4.78 is 5.37. The zero-order chi connectivity index (χ0) is 21.7. The van der Waals surface area contributed by atoms with Crippen molar-refractivity contribution in [1.82, 2.24) is 0 Å². The molecule has 1 saturated heterocycles. The lowest BCUT2D eigenvalue weighted by Gasteiger charge is -2.39. The van der Waals surface area contributed by atoms with Crippen molar-refractivity contribution in [3.63, 3.8) is 0 Å². The number of benzene rings is 1. The van der Waals surface area contributed by atoms with E-state index in [9.17, 15) is 40.7 Å². The van der Waals surface area contributed by atoms with Crippen LogP contribution in [-0.4, -0.2) is 72.5 Å². The van der Waals surface area contributed by atoms with Crippen LogP contribution in [-0.2, 0) is 4.74 Å². The summed E-state index contributed by atoms with van der Waals surface area (Å²) in [6.07, 6.45) is -4.27. The molecule has 4 N–H and O–H groups in total. The van der Waals surface area contributed by atoms with Crippen LogP contribution in [0.2, 0.25) is 0 Å². The van der Waals surface area contributed by atoms with Gasteiger partial charge in [0.15, 0.2) is 0 Å². The van der Waals surface area contributed by atoms with Gasteiger partial charge in [0, 0.05) is 0 Å². The molecule has 0 radical (unpaired) electrons. The van der Waals surface area contributed by atoms with E-state index in [1.165, 1.54) is 17.8 Å². The molecule has 162 valence electrons. The zero-order valence-corrected chi connectivity index (χ0v) is 17.0. The lowest BCUT2D eigenvalue weighted by molar-refractivity contribution is -0.397. The molecule has 0 saturated carbocycles. The van der Waals surface area contributed by atoms with Crippen LogP contribution in [0, 0.1) is 20.2 Å². The Morgan fingerprint density at radius 1 is 1.03 bits per heavy atom. The Balaban J connectivity index is 2.40. The summed E-state index contributed by atoms with van der Waals surface area (Å²) in [5, 5.41) is 62.0. The molecule has 13 heteroatoms. The Labute approximate surface area is 174 Å². The summed E-state index contributed by atoms with van der Waals surface area (Å²) in [6.45, 7) is 1.33. The average Bonchev–Trinajstić information content (AvgIpc) is 2.68. The molecule has 0 spiro atoms. The third-order valence-electron chi connectivity index (χ3n) is 4.28. The summed E-state index contributed by atoms with van der Waals surface area (Å²) in [7, 11) is 0. The molecule has 0 aromatic heterocycles. The van der Waals surface area contributed by atoms with Crippen molar-refractivity contribution in [2.45, 2.75) is 59.4 Å².